The van der Waals surface area contributed by atoms with Crippen LogP contribution in [0.4, 0.5) is 17.6 Å². The van der Waals surface area contributed by atoms with Gasteiger partial charge in [0.25, 0.3) is 0 Å². The zero-order valence-corrected chi connectivity index (χ0v) is 22.0. The van der Waals surface area contributed by atoms with Gasteiger partial charge in [-0.05, 0) is 72.1 Å². The van der Waals surface area contributed by atoms with Crippen LogP contribution in [0.1, 0.15) is 61.8 Å². The molecule has 38 heavy (non-hydrogen) atoms. The molecule has 0 bridgehead atoms. The van der Waals surface area contributed by atoms with Crippen LogP contribution < -0.4 is 0 Å². The van der Waals surface area contributed by atoms with Gasteiger partial charge in [0.1, 0.15) is 0 Å². The maximum Gasteiger partial charge on any atom is 0.168 e. The van der Waals surface area contributed by atoms with Gasteiger partial charge in [-0.15, -0.1) is 0 Å². The van der Waals surface area contributed by atoms with Crippen molar-refractivity contribution < 1.29 is 17.6 Å². The predicted octanol–water partition coefficient (Wildman–Crippen LogP) is 9.44. The maximum atomic E-state index is 14.9. The predicted molar refractivity (Wildman–Crippen MR) is 146 cm³/mol. The van der Waals surface area contributed by atoms with Crippen molar-refractivity contribution >= 4 is 0 Å². The Morgan fingerprint density at radius 1 is 0.526 bits per heavy atom. The van der Waals surface area contributed by atoms with Crippen molar-refractivity contribution in [2.24, 2.45) is 0 Å². The first kappa shape index (κ1) is 27.6. The van der Waals surface area contributed by atoms with E-state index in [-0.39, 0.29) is 16.7 Å². The summed E-state index contributed by atoms with van der Waals surface area (Å²) in [4.78, 5) is 4.30. The second-order valence-corrected chi connectivity index (χ2v) is 9.76. The molecule has 4 rings (SSSR count). The van der Waals surface area contributed by atoms with Gasteiger partial charge in [-0.1, -0.05) is 81.6 Å². The lowest BCUT2D eigenvalue weighted by atomic mass is 9.97. The summed E-state index contributed by atoms with van der Waals surface area (Å²) in [6, 6.07) is 17.2. The van der Waals surface area contributed by atoms with Crippen LogP contribution >= 0.6 is 0 Å². The lowest BCUT2D eigenvalue weighted by Crippen LogP contribution is -2.01. The Labute approximate surface area is 222 Å². The molecule has 0 radical (unpaired) electrons. The molecule has 0 aliphatic rings. The summed E-state index contributed by atoms with van der Waals surface area (Å²) in [6.07, 6.45) is 7.72. The molecule has 0 saturated heterocycles. The van der Waals surface area contributed by atoms with Crippen molar-refractivity contribution in [3.05, 3.63) is 112 Å². The summed E-state index contributed by atoms with van der Waals surface area (Å²) < 4.78 is 59.1. The number of unbranched alkanes of at least 4 members (excludes halogenated alkanes) is 2. The minimum absolute atomic E-state index is 0.143. The van der Waals surface area contributed by atoms with Crippen LogP contribution in [0, 0.1) is 23.3 Å². The lowest BCUT2D eigenvalue weighted by molar-refractivity contribution is 0.498. The summed E-state index contributed by atoms with van der Waals surface area (Å²) >= 11 is 0. The Bertz CT molecular complexity index is 1360. The fourth-order valence-corrected chi connectivity index (χ4v) is 4.70. The van der Waals surface area contributed by atoms with Gasteiger partial charge in [-0.2, -0.15) is 0 Å². The molecule has 0 aliphatic heterocycles. The van der Waals surface area contributed by atoms with Crippen molar-refractivity contribution in [2.75, 3.05) is 0 Å². The smallest absolute Gasteiger partial charge is 0.168 e. The normalized spacial score (nSPS) is 11.2. The van der Waals surface area contributed by atoms with E-state index in [1.54, 1.807) is 48.7 Å². The summed E-state index contributed by atoms with van der Waals surface area (Å²) in [6.45, 7) is 4.14. The molecule has 5 heteroatoms. The highest BCUT2D eigenvalue weighted by Crippen LogP contribution is 2.29. The number of halogens is 4. The highest BCUT2D eigenvalue weighted by molar-refractivity contribution is 5.65. The van der Waals surface area contributed by atoms with Crippen LogP contribution in [0.3, 0.4) is 0 Å². The third kappa shape index (κ3) is 6.32. The van der Waals surface area contributed by atoms with Gasteiger partial charge in [0, 0.05) is 17.3 Å². The third-order valence-corrected chi connectivity index (χ3v) is 6.96. The molecule has 4 aromatic rings. The van der Waals surface area contributed by atoms with Gasteiger partial charge in [0.15, 0.2) is 23.3 Å². The molecule has 1 heterocycles. The Morgan fingerprint density at radius 2 is 1.16 bits per heavy atom. The van der Waals surface area contributed by atoms with E-state index in [0.717, 1.165) is 43.2 Å². The number of hydrogen-bond acceptors (Lipinski definition) is 1. The summed E-state index contributed by atoms with van der Waals surface area (Å²) in [5.41, 5.74) is 3.98. The van der Waals surface area contributed by atoms with Crippen molar-refractivity contribution in [3.8, 4) is 22.4 Å². The maximum absolute atomic E-state index is 14.9. The Hall–Kier alpha value is -3.47. The van der Waals surface area contributed by atoms with E-state index in [9.17, 15) is 17.6 Å². The summed E-state index contributed by atoms with van der Waals surface area (Å²) in [5, 5.41) is 0. The molecule has 0 fully saturated rings. The summed E-state index contributed by atoms with van der Waals surface area (Å²) in [5.74, 6) is -3.38. The van der Waals surface area contributed by atoms with E-state index >= 15 is 0 Å². The van der Waals surface area contributed by atoms with Crippen LogP contribution in [0.5, 0.6) is 0 Å². The number of benzene rings is 3. The number of rotatable bonds is 11. The third-order valence-electron chi connectivity index (χ3n) is 6.96. The van der Waals surface area contributed by atoms with E-state index in [1.807, 2.05) is 18.2 Å². The van der Waals surface area contributed by atoms with Crippen LogP contribution in [0.15, 0.2) is 66.9 Å². The summed E-state index contributed by atoms with van der Waals surface area (Å²) in [7, 11) is 0. The number of aromatic nitrogens is 1. The van der Waals surface area contributed by atoms with Gasteiger partial charge in [-0.25, -0.2) is 17.6 Å². The largest absolute Gasteiger partial charge is 0.256 e. The molecule has 0 unspecified atom stereocenters. The van der Waals surface area contributed by atoms with Gasteiger partial charge in [0.2, 0.25) is 0 Å². The first-order chi connectivity index (χ1) is 18.4. The SMILES string of the molecule is CCCCCc1ccc(-c2ccc(CCc3ccc(-c4ccc(CCC)cn4)c(F)c3F)cc2)c(F)c1F. The van der Waals surface area contributed by atoms with Gasteiger partial charge < -0.3 is 0 Å². The van der Waals surface area contributed by atoms with Gasteiger partial charge in [-0.3, -0.25) is 4.98 Å². The molecule has 0 amide bonds. The Balaban J connectivity index is 1.43. The zero-order chi connectivity index (χ0) is 27.1. The first-order valence-electron chi connectivity index (χ1n) is 13.4. The monoisotopic (exact) mass is 519 g/mol. The van der Waals surface area contributed by atoms with Crippen LogP contribution in [0.25, 0.3) is 22.4 Å². The van der Waals surface area contributed by atoms with Crippen LogP contribution in [-0.2, 0) is 25.7 Å². The molecular weight excluding hydrogens is 486 g/mol. The highest BCUT2D eigenvalue weighted by Gasteiger charge is 2.17. The van der Waals surface area contributed by atoms with Crippen molar-refractivity contribution in [1.82, 2.24) is 4.98 Å². The van der Waals surface area contributed by atoms with E-state index < -0.39 is 23.3 Å². The minimum Gasteiger partial charge on any atom is -0.256 e. The zero-order valence-electron chi connectivity index (χ0n) is 22.0. The second-order valence-electron chi connectivity index (χ2n) is 9.76. The van der Waals surface area contributed by atoms with Crippen molar-refractivity contribution in [2.45, 2.75) is 65.2 Å². The molecule has 0 saturated carbocycles. The molecule has 198 valence electrons. The molecule has 3 aromatic carbocycles. The Kier molecular flexibility index (Phi) is 9.33. The molecular formula is C33H33F4N. The van der Waals surface area contributed by atoms with Crippen molar-refractivity contribution in [1.29, 1.82) is 0 Å². The average Bonchev–Trinajstić information content (AvgIpc) is 2.93. The number of aryl methyl sites for hydroxylation is 4. The van der Waals surface area contributed by atoms with Crippen molar-refractivity contribution in [3.63, 3.8) is 0 Å². The highest BCUT2D eigenvalue weighted by atomic mass is 19.2. The van der Waals surface area contributed by atoms with E-state index in [2.05, 4.69) is 18.8 Å². The standard InChI is InChI=1S/C33H33F4N/c1-3-5-6-8-25-16-18-27(32(36)30(25)34)24-13-9-22(10-14-24)11-15-26-17-19-28(33(37)31(26)35)29-20-12-23(7-4-2)21-38-29/h9-10,12-14,16-21H,3-8,11,15H2,1-2H3. The number of hydrogen-bond donors (Lipinski definition) is 0. The minimum atomic E-state index is -0.899. The van der Waals surface area contributed by atoms with Crippen LogP contribution in [0.2, 0.25) is 0 Å². The van der Waals surface area contributed by atoms with E-state index in [4.69, 9.17) is 0 Å². The van der Waals surface area contributed by atoms with Crippen LogP contribution in [-0.4, -0.2) is 4.98 Å². The molecule has 0 aliphatic carbocycles. The van der Waals surface area contributed by atoms with Gasteiger partial charge in [0.05, 0.1) is 5.69 Å². The number of nitrogens with zero attached hydrogens (tertiary/aromatic N) is 1. The molecule has 1 aromatic heterocycles. The molecule has 0 spiro atoms. The topological polar surface area (TPSA) is 12.9 Å². The van der Waals surface area contributed by atoms with Gasteiger partial charge >= 0.3 is 0 Å². The number of pyridine rings is 1. The fraction of sp³-hybridized carbons (Fsp3) is 0.303. The first-order valence-corrected chi connectivity index (χ1v) is 13.4. The molecule has 0 atom stereocenters. The lowest BCUT2D eigenvalue weighted by Gasteiger charge is -2.11. The van der Waals surface area contributed by atoms with E-state index in [0.29, 0.717) is 36.1 Å². The Morgan fingerprint density at radius 3 is 1.79 bits per heavy atom. The fourth-order valence-electron chi connectivity index (χ4n) is 4.70. The second kappa shape index (κ2) is 12.9. The molecule has 1 nitrogen and oxygen atoms in total. The quantitative estimate of drug-likeness (QED) is 0.142. The van der Waals surface area contributed by atoms with E-state index in [1.165, 1.54) is 0 Å². The molecule has 0 N–H and O–H groups in total. The average molecular weight is 520 g/mol.